The zero-order chi connectivity index (χ0) is 18.9. The second-order valence-electron chi connectivity index (χ2n) is 8.22. The Labute approximate surface area is 162 Å². The van der Waals surface area contributed by atoms with E-state index in [2.05, 4.69) is 48.3 Å². The van der Waals surface area contributed by atoms with E-state index in [1.54, 1.807) is 0 Å². The van der Waals surface area contributed by atoms with Crippen LogP contribution in [0.1, 0.15) is 37.8 Å². The molecule has 0 radical (unpaired) electrons. The van der Waals surface area contributed by atoms with Crippen molar-refractivity contribution in [2.24, 2.45) is 0 Å². The number of carbonyl (C=O) groups is 1. The van der Waals surface area contributed by atoms with Crippen molar-refractivity contribution in [3.63, 3.8) is 0 Å². The van der Waals surface area contributed by atoms with E-state index in [-0.39, 0.29) is 11.4 Å². The molecule has 1 fully saturated rings. The van der Waals surface area contributed by atoms with Crippen molar-refractivity contribution >= 4 is 11.7 Å². The first-order valence-electron chi connectivity index (χ1n) is 10.0. The number of hydrogen-bond acceptors (Lipinski definition) is 2. The molecular formula is C23H29N3O. The molecule has 0 bridgehead atoms. The second kappa shape index (κ2) is 7.35. The largest absolute Gasteiger partial charge is 0.322 e. The summed E-state index contributed by atoms with van der Waals surface area (Å²) in [5, 5.41) is 3.07. The Balaban J connectivity index is 1.58. The zero-order valence-electron chi connectivity index (χ0n) is 16.3. The van der Waals surface area contributed by atoms with Gasteiger partial charge < -0.3 is 15.1 Å². The number of carbonyl (C=O) groups excluding carboxylic acids is 1. The lowest BCUT2D eigenvalue weighted by Crippen LogP contribution is -2.54. The lowest BCUT2D eigenvalue weighted by atomic mass is 9.68. The van der Waals surface area contributed by atoms with Gasteiger partial charge in [0.25, 0.3) is 0 Å². The normalized spacial score (nSPS) is 19.1. The highest BCUT2D eigenvalue weighted by Crippen LogP contribution is 2.42. The third-order valence-electron chi connectivity index (χ3n) is 6.24. The van der Waals surface area contributed by atoms with Crippen molar-refractivity contribution in [3.05, 3.63) is 65.7 Å². The Kier molecular flexibility index (Phi) is 4.92. The molecule has 1 saturated heterocycles. The Morgan fingerprint density at radius 1 is 1.00 bits per heavy atom. The van der Waals surface area contributed by atoms with Crippen LogP contribution in [-0.2, 0) is 12.0 Å². The maximum absolute atomic E-state index is 13.0. The molecule has 1 N–H and O–H groups in total. The van der Waals surface area contributed by atoms with E-state index in [9.17, 15) is 4.79 Å². The number of anilines is 1. The lowest BCUT2D eigenvalue weighted by molar-refractivity contribution is 0.0950. The summed E-state index contributed by atoms with van der Waals surface area (Å²) < 4.78 is 0. The number of hydrogen-bond donors (Lipinski definition) is 1. The molecule has 2 aliphatic rings. The molecule has 0 aliphatic carbocycles. The van der Waals surface area contributed by atoms with Gasteiger partial charge in [-0.3, -0.25) is 0 Å². The molecule has 2 heterocycles. The second-order valence-corrected chi connectivity index (χ2v) is 8.22. The molecule has 2 amide bonds. The van der Waals surface area contributed by atoms with Gasteiger partial charge >= 0.3 is 6.03 Å². The molecule has 142 valence electrons. The Bertz CT molecular complexity index is 794. The van der Waals surface area contributed by atoms with E-state index in [4.69, 9.17) is 0 Å². The number of para-hydroxylation sites is 1. The summed E-state index contributed by atoms with van der Waals surface area (Å²) in [5.41, 5.74) is 3.68. The van der Waals surface area contributed by atoms with Crippen molar-refractivity contribution < 1.29 is 4.79 Å². The zero-order valence-corrected chi connectivity index (χ0v) is 16.3. The number of piperidine rings is 1. The summed E-state index contributed by atoms with van der Waals surface area (Å²) in [5.74, 6) is 0. The topological polar surface area (TPSA) is 35.6 Å². The molecule has 4 nitrogen and oxygen atoms in total. The number of fused-ring (bicyclic) bond motifs is 2. The minimum atomic E-state index is 0.00127. The maximum atomic E-state index is 13.0. The van der Waals surface area contributed by atoms with Gasteiger partial charge in [0.2, 0.25) is 0 Å². The van der Waals surface area contributed by atoms with Gasteiger partial charge in [0.1, 0.15) is 0 Å². The molecule has 2 aromatic carbocycles. The Morgan fingerprint density at radius 3 is 2.37 bits per heavy atom. The van der Waals surface area contributed by atoms with Crippen LogP contribution in [0.4, 0.5) is 10.5 Å². The number of benzene rings is 2. The van der Waals surface area contributed by atoms with Gasteiger partial charge in [0.15, 0.2) is 0 Å². The summed E-state index contributed by atoms with van der Waals surface area (Å²) in [4.78, 5) is 17.5. The van der Waals surface area contributed by atoms with Crippen LogP contribution in [-0.4, -0.2) is 41.5 Å². The van der Waals surface area contributed by atoms with Crippen LogP contribution < -0.4 is 5.32 Å². The number of amides is 2. The molecule has 2 aromatic rings. The molecule has 4 rings (SSSR count). The van der Waals surface area contributed by atoms with Crippen LogP contribution in [0.3, 0.4) is 0 Å². The number of urea groups is 1. The number of nitrogens with zero attached hydrogens (tertiary/aromatic N) is 2. The Hall–Kier alpha value is -2.33. The molecule has 0 saturated carbocycles. The molecule has 2 aliphatic heterocycles. The van der Waals surface area contributed by atoms with Gasteiger partial charge in [-0.15, -0.1) is 0 Å². The number of rotatable bonds is 2. The predicted molar refractivity (Wildman–Crippen MR) is 110 cm³/mol. The van der Waals surface area contributed by atoms with Gasteiger partial charge in [-0.2, -0.15) is 0 Å². The number of nitrogens with one attached hydrogen (secondary N) is 1. The Morgan fingerprint density at radius 2 is 1.67 bits per heavy atom. The van der Waals surface area contributed by atoms with Crippen molar-refractivity contribution in [3.8, 4) is 0 Å². The SMILES string of the molecule is CC(C)N1CCC2(CC1)CN(C(=O)Nc1ccccc1)Cc1ccccc12. The summed E-state index contributed by atoms with van der Waals surface area (Å²) in [6.07, 6.45) is 2.22. The van der Waals surface area contributed by atoms with Crippen LogP contribution in [0.5, 0.6) is 0 Å². The molecule has 0 atom stereocenters. The van der Waals surface area contributed by atoms with E-state index >= 15 is 0 Å². The summed E-state index contributed by atoms with van der Waals surface area (Å²) in [6.45, 7) is 8.22. The van der Waals surface area contributed by atoms with Gasteiger partial charge in [-0.25, -0.2) is 4.79 Å². The van der Waals surface area contributed by atoms with Crippen LogP contribution in [0.2, 0.25) is 0 Å². The molecule has 4 heteroatoms. The van der Waals surface area contributed by atoms with Crippen LogP contribution in [0.25, 0.3) is 0 Å². The molecule has 1 spiro atoms. The van der Waals surface area contributed by atoms with Gasteiger partial charge in [-0.05, 0) is 63.0 Å². The first-order valence-corrected chi connectivity index (χ1v) is 10.0. The minimum absolute atomic E-state index is 0.00127. The molecule has 27 heavy (non-hydrogen) atoms. The van der Waals surface area contributed by atoms with Gasteiger partial charge in [-0.1, -0.05) is 42.5 Å². The highest BCUT2D eigenvalue weighted by molar-refractivity contribution is 5.89. The fourth-order valence-electron chi connectivity index (χ4n) is 4.65. The quantitative estimate of drug-likeness (QED) is 0.854. The summed E-state index contributed by atoms with van der Waals surface area (Å²) in [6, 6.07) is 19.0. The third kappa shape index (κ3) is 3.59. The van der Waals surface area contributed by atoms with Crippen LogP contribution in [0.15, 0.2) is 54.6 Å². The standard InChI is InChI=1S/C23H29N3O/c1-18(2)25-14-12-23(13-15-25)17-26(16-19-8-6-7-11-21(19)23)22(27)24-20-9-4-3-5-10-20/h3-11,18H,12-17H2,1-2H3,(H,24,27). The van der Waals surface area contributed by atoms with E-state index < -0.39 is 0 Å². The predicted octanol–water partition coefficient (Wildman–Crippen LogP) is 4.48. The monoisotopic (exact) mass is 363 g/mol. The van der Waals surface area contributed by atoms with E-state index in [0.29, 0.717) is 12.6 Å². The summed E-state index contributed by atoms with van der Waals surface area (Å²) >= 11 is 0. The average molecular weight is 364 g/mol. The fraction of sp³-hybridized carbons (Fsp3) is 0.435. The number of likely N-dealkylation sites (tertiary alicyclic amines) is 1. The lowest BCUT2D eigenvalue weighted by Gasteiger charge is -2.49. The maximum Gasteiger partial charge on any atom is 0.322 e. The smallest absolute Gasteiger partial charge is 0.319 e. The molecule has 0 aromatic heterocycles. The van der Waals surface area contributed by atoms with Crippen molar-refractivity contribution in [1.82, 2.24) is 9.80 Å². The fourth-order valence-corrected chi connectivity index (χ4v) is 4.65. The van der Waals surface area contributed by atoms with Crippen molar-refractivity contribution in [2.75, 3.05) is 25.0 Å². The molecular weight excluding hydrogens is 334 g/mol. The van der Waals surface area contributed by atoms with Gasteiger partial charge in [0, 0.05) is 30.2 Å². The van der Waals surface area contributed by atoms with Gasteiger partial charge in [0.05, 0.1) is 0 Å². The van der Waals surface area contributed by atoms with Crippen LogP contribution >= 0.6 is 0 Å². The van der Waals surface area contributed by atoms with Crippen molar-refractivity contribution in [2.45, 2.75) is 44.7 Å². The highest BCUT2D eigenvalue weighted by Gasteiger charge is 2.43. The van der Waals surface area contributed by atoms with Crippen LogP contribution in [0, 0.1) is 0 Å². The minimum Gasteiger partial charge on any atom is -0.319 e. The first-order chi connectivity index (χ1) is 13.1. The molecule has 0 unspecified atom stereocenters. The third-order valence-corrected chi connectivity index (χ3v) is 6.24. The van der Waals surface area contributed by atoms with E-state index in [0.717, 1.165) is 38.2 Å². The average Bonchev–Trinajstić information content (AvgIpc) is 2.69. The van der Waals surface area contributed by atoms with E-state index in [1.807, 2.05) is 35.2 Å². The van der Waals surface area contributed by atoms with Crippen molar-refractivity contribution in [1.29, 1.82) is 0 Å². The summed E-state index contributed by atoms with van der Waals surface area (Å²) in [7, 11) is 0. The van der Waals surface area contributed by atoms with E-state index in [1.165, 1.54) is 11.1 Å². The first kappa shape index (κ1) is 18.1. The highest BCUT2D eigenvalue weighted by atomic mass is 16.2.